The number of rotatable bonds is 4. The first-order valence-corrected chi connectivity index (χ1v) is 11.1. The monoisotopic (exact) mass is 417 g/mol. The number of fused-ring (bicyclic) bond motifs is 3. The molecular weight excluding hydrogens is 390 g/mol. The predicted octanol–water partition coefficient (Wildman–Crippen LogP) is 3.01. The number of hydrogen-bond acceptors (Lipinski definition) is 7. The van der Waals surface area contributed by atoms with Gasteiger partial charge in [0.1, 0.15) is 17.2 Å². The first kappa shape index (κ1) is 19.9. The van der Waals surface area contributed by atoms with Crippen molar-refractivity contribution in [3.63, 3.8) is 0 Å². The van der Waals surface area contributed by atoms with Gasteiger partial charge >= 0.3 is 0 Å². The van der Waals surface area contributed by atoms with E-state index in [4.69, 9.17) is 14.7 Å². The smallest absolute Gasteiger partial charge is 0.226 e. The number of ether oxygens (including phenoxy) is 1. The van der Waals surface area contributed by atoms with Crippen LogP contribution in [0.25, 0.3) is 5.57 Å². The fraction of sp³-hybridized carbons (Fsp3) is 0.417. The van der Waals surface area contributed by atoms with Gasteiger partial charge in [-0.2, -0.15) is 0 Å². The van der Waals surface area contributed by atoms with Crippen LogP contribution in [0.15, 0.2) is 57.3 Å². The highest BCUT2D eigenvalue weighted by molar-refractivity contribution is 6.45. The standard InChI is InChI=1S/C24H27N5O2/c1-3-28(4-2)24-26-21-17-7-5-6-8-18(17)23(30)20(22(21)27-24)16-9-10-19(25-15-16)29-11-13-31-14-12-29/h7-10,15H,3-6,11-14H2,1-2H3. The molecule has 0 radical (unpaired) electrons. The summed E-state index contributed by atoms with van der Waals surface area (Å²) in [4.78, 5) is 32.2. The van der Waals surface area contributed by atoms with E-state index in [-0.39, 0.29) is 5.78 Å². The first-order chi connectivity index (χ1) is 15.2. The number of aliphatic imine (C=N–C) groups is 2. The number of guanidine groups is 1. The van der Waals surface area contributed by atoms with Gasteiger partial charge < -0.3 is 14.5 Å². The lowest BCUT2D eigenvalue weighted by molar-refractivity contribution is -0.110. The molecule has 0 saturated carbocycles. The Morgan fingerprint density at radius 3 is 2.45 bits per heavy atom. The number of nitrogens with zero attached hydrogens (tertiary/aromatic N) is 5. The van der Waals surface area contributed by atoms with Crippen LogP contribution in [0.4, 0.5) is 5.82 Å². The van der Waals surface area contributed by atoms with Crippen LogP contribution in [-0.2, 0) is 9.53 Å². The molecule has 3 heterocycles. The number of anilines is 1. The van der Waals surface area contributed by atoms with E-state index in [1.165, 1.54) is 0 Å². The zero-order chi connectivity index (χ0) is 21.4. The van der Waals surface area contributed by atoms with Crippen molar-refractivity contribution in [3.05, 3.63) is 52.9 Å². The molecule has 4 aliphatic rings. The molecule has 5 rings (SSSR count). The highest BCUT2D eigenvalue weighted by atomic mass is 16.5. The van der Waals surface area contributed by atoms with Crippen LogP contribution in [-0.4, -0.2) is 66.7 Å². The molecule has 0 N–H and O–H groups in total. The molecule has 0 atom stereocenters. The average Bonchev–Trinajstić information content (AvgIpc) is 3.26. The van der Waals surface area contributed by atoms with Crippen LogP contribution >= 0.6 is 0 Å². The van der Waals surface area contributed by atoms with E-state index < -0.39 is 0 Å². The van der Waals surface area contributed by atoms with Gasteiger partial charge in [-0.25, -0.2) is 15.0 Å². The Balaban J connectivity index is 1.59. The Hall–Kier alpha value is -3.06. The van der Waals surface area contributed by atoms with Crippen molar-refractivity contribution in [1.29, 1.82) is 0 Å². The van der Waals surface area contributed by atoms with Gasteiger partial charge in [-0.05, 0) is 38.8 Å². The number of ketones is 1. The summed E-state index contributed by atoms with van der Waals surface area (Å²) in [5.41, 5.74) is 4.57. The molecular formula is C24H27N5O2. The molecule has 2 aliphatic heterocycles. The highest BCUT2D eigenvalue weighted by Gasteiger charge is 2.38. The number of Topliss-reactive ketones (excluding diaryl/α,β-unsaturated/α-hetero) is 1. The third-order valence-corrected chi connectivity index (χ3v) is 6.18. The molecule has 0 spiro atoms. The minimum atomic E-state index is 0.0189. The van der Waals surface area contributed by atoms with E-state index >= 15 is 0 Å². The fourth-order valence-corrected chi connectivity index (χ4v) is 4.48. The first-order valence-electron chi connectivity index (χ1n) is 11.1. The van der Waals surface area contributed by atoms with Gasteiger partial charge in [0.2, 0.25) is 5.96 Å². The van der Waals surface area contributed by atoms with Crippen LogP contribution < -0.4 is 4.90 Å². The van der Waals surface area contributed by atoms with Crippen LogP contribution in [0.5, 0.6) is 0 Å². The van der Waals surface area contributed by atoms with Crippen molar-refractivity contribution in [2.45, 2.75) is 26.7 Å². The molecule has 7 nitrogen and oxygen atoms in total. The minimum Gasteiger partial charge on any atom is -0.378 e. The summed E-state index contributed by atoms with van der Waals surface area (Å²) in [5, 5.41) is 0. The summed E-state index contributed by atoms with van der Waals surface area (Å²) in [6.07, 6.45) is 7.76. The molecule has 1 fully saturated rings. The number of aromatic nitrogens is 1. The SMILES string of the molecule is CCN(CC)C1=NC2=C(c3ccc(N4CCOCC4)nc3)C(=O)C3=CCCC=C3C2=N1. The maximum Gasteiger partial charge on any atom is 0.226 e. The van der Waals surface area contributed by atoms with Gasteiger partial charge in [0.25, 0.3) is 0 Å². The lowest BCUT2D eigenvalue weighted by Gasteiger charge is -2.28. The molecule has 0 amide bonds. The van der Waals surface area contributed by atoms with Crippen molar-refractivity contribution in [2.24, 2.45) is 9.98 Å². The molecule has 7 heteroatoms. The van der Waals surface area contributed by atoms with Crippen molar-refractivity contribution < 1.29 is 9.53 Å². The molecule has 1 aromatic rings. The van der Waals surface area contributed by atoms with Gasteiger partial charge in [-0.3, -0.25) is 4.79 Å². The van der Waals surface area contributed by atoms with E-state index in [1.807, 2.05) is 18.2 Å². The number of carbonyl (C=O) groups excluding carboxylic acids is 1. The maximum atomic E-state index is 13.5. The number of allylic oxidation sites excluding steroid dienone is 5. The fourth-order valence-electron chi connectivity index (χ4n) is 4.48. The topological polar surface area (TPSA) is 70.4 Å². The number of hydrogen-bond donors (Lipinski definition) is 0. The summed E-state index contributed by atoms with van der Waals surface area (Å²) >= 11 is 0. The largest absolute Gasteiger partial charge is 0.378 e. The van der Waals surface area contributed by atoms with Gasteiger partial charge in [0.15, 0.2) is 5.78 Å². The van der Waals surface area contributed by atoms with Crippen molar-refractivity contribution in [2.75, 3.05) is 44.3 Å². The summed E-state index contributed by atoms with van der Waals surface area (Å²) in [6.45, 7) is 8.90. The van der Waals surface area contributed by atoms with E-state index in [2.05, 4.69) is 34.7 Å². The highest BCUT2D eigenvalue weighted by Crippen LogP contribution is 2.39. The molecule has 0 unspecified atom stereocenters. The van der Waals surface area contributed by atoms with Gasteiger partial charge in [-0.1, -0.05) is 12.2 Å². The van der Waals surface area contributed by atoms with Crippen LogP contribution in [0.1, 0.15) is 32.3 Å². The summed E-state index contributed by atoms with van der Waals surface area (Å²) in [5.74, 6) is 1.61. The average molecular weight is 418 g/mol. The maximum absolute atomic E-state index is 13.5. The van der Waals surface area contributed by atoms with Crippen LogP contribution in [0, 0.1) is 0 Å². The molecule has 0 aromatic carbocycles. The number of pyridine rings is 1. The Kier molecular flexibility index (Phi) is 5.28. The minimum absolute atomic E-state index is 0.0189. The van der Waals surface area contributed by atoms with Gasteiger partial charge in [0, 0.05) is 49.1 Å². The Labute approximate surface area is 182 Å². The third kappa shape index (κ3) is 3.43. The van der Waals surface area contributed by atoms with Crippen molar-refractivity contribution in [3.8, 4) is 0 Å². The summed E-state index contributed by atoms with van der Waals surface area (Å²) in [6, 6.07) is 3.97. The van der Waals surface area contributed by atoms with Crippen LogP contribution in [0.3, 0.4) is 0 Å². The van der Waals surface area contributed by atoms with E-state index in [0.29, 0.717) is 30.4 Å². The summed E-state index contributed by atoms with van der Waals surface area (Å²) in [7, 11) is 0. The van der Waals surface area contributed by atoms with E-state index in [9.17, 15) is 4.79 Å². The molecule has 0 bridgehead atoms. The normalized spacial score (nSPS) is 20.6. The number of carbonyl (C=O) groups is 1. The predicted molar refractivity (Wildman–Crippen MR) is 122 cm³/mol. The second-order valence-corrected chi connectivity index (χ2v) is 7.91. The van der Waals surface area contributed by atoms with Crippen LogP contribution in [0.2, 0.25) is 0 Å². The Morgan fingerprint density at radius 1 is 1.03 bits per heavy atom. The lowest BCUT2D eigenvalue weighted by Crippen LogP contribution is -2.36. The second kappa shape index (κ2) is 8.23. The lowest BCUT2D eigenvalue weighted by atomic mass is 9.79. The molecule has 1 aromatic heterocycles. The third-order valence-electron chi connectivity index (χ3n) is 6.18. The molecule has 160 valence electrons. The van der Waals surface area contributed by atoms with E-state index in [0.717, 1.165) is 67.3 Å². The Morgan fingerprint density at radius 2 is 1.77 bits per heavy atom. The molecule has 31 heavy (non-hydrogen) atoms. The van der Waals surface area contributed by atoms with E-state index in [1.54, 1.807) is 6.20 Å². The van der Waals surface area contributed by atoms with Gasteiger partial charge in [-0.15, -0.1) is 0 Å². The molecule has 1 saturated heterocycles. The Bertz CT molecular complexity index is 1050. The second-order valence-electron chi connectivity index (χ2n) is 7.91. The van der Waals surface area contributed by atoms with Crippen molar-refractivity contribution in [1.82, 2.24) is 9.88 Å². The zero-order valence-corrected chi connectivity index (χ0v) is 18.1. The number of morpholine rings is 1. The summed E-state index contributed by atoms with van der Waals surface area (Å²) < 4.78 is 5.43. The van der Waals surface area contributed by atoms with Gasteiger partial charge in [0.05, 0.1) is 18.8 Å². The molecule has 2 aliphatic carbocycles. The quantitative estimate of drug-likeness (QED) is 0.753. The van der Waals surface area contributed by atoms with Crippen molar-refractivity contribution >= 4 is 28.8 Å². The zero-order valence-electron chi connectivity index (χ0n) is 18.1.